The van der Waals surface area contributed by atoms with Crippen LogP contribution in [0.15, 0.2) is 72.8 Å². The van der Waals surface area contributed by atoms with E-state index in [1.165, 1.54) is 5.56 Å². The van der Waals surface area contributed by atoms with Gasteiger partial charge in [0, 0.05) is 23.0 Å². The number of halogens is 1. The zero-order valence-corrected chi connectivity index (χ0v) is 19.5. The standard InChI is InChI=1S/C27H29ClN2O3/c1-17(2)24(21-9-7-19(8-10-21)20-11-13-23(28)14-12-20)16-30-26(31)22-5-3-18(4-6-22)15-25(29)27(32)33/h3-14,17,24-25H,15-16,29H2,1-2H3,(H,30,31)(H,32,33)/t24-,25-/m1/s1. The summed E-state index contributed by atoms with van der Waals surface area (Å²) in [4.78, 5) is 23.6. The van der Waals surface area contributed by atoms with Crippen LogP contribution in [0.2, 0.25) is 5.02 Å². The predicted molar refractivity (Wildman–Crippen MR) is 133 cm³/mol. The van der Waals surface area contributed by atoms with Crippen LogP contribution in [0, 0.1) is 5.92 Å². The van der Waals surface area contributed by atoms with Crippen molar-refractivity contribution in [1.29, 1.82) is 0 Å². The van der Waals surface area contributed by atoms with Gasteiger partial charge in [0.05, 0.1) is 0 Å². The number of carbonyl (C=O) groups is 2. The highest BCUT2D eigenvalue weighted by molar-refractivity contribution is 6.30. The molecular weight excluding hydrogens is 436 g/mol. The van der Waals surface area contributed by atoms with E-state index in [0.717, 1.165) is 16.7 Å². The summed E-state index contributed by atoms with van der Waals surface area (Å²) in [6.45, 7) is 4.80. The summed E-state index contributed by atoms with van der Waals surface area (Å²) < 4.78 is 0. The molecule has 5 nitrogen and oxygen atoms in total. The van der Waals surface area contributed by atoms with Gasteiger partial charge in [-0.05, 0) is 58.9 Å². The van der Waals surface area contributed by atoms with E-state index in [0.29, 0.717) is 23.0 Å². The van der Waals surface area contributed by atoms with Gasteiger partial charge in [0.25, 0.3) is 5.91 Å². The number of carboxylic acid groups (broad SMARTS) is 1. The molecule has 2 atom stereocenters. The highest BCUT2D eigenvalue weighted by atomic mass is 35.5. The number of nitrogens with two attached hydrogens (primary N) is 1. The van der Waals surface area contributed by atoms with Gasteiger partial charge in [-0.2, -0.15) is 0 Å². The van der Waals surface area contributed by atoms with Gasteiger partial charge in [0.15, 0.2) is 0 Å². The van der Waals surface area contributed by atoms with E-state index in [2.05, 4.69) is 43.4 Å². The van der Waals surface area contributed by atoms with Crippen molar-refractivity contribution in [3.8, 4) is 11.1 Å². The average Bonchev–Trinajstić information content (AvgIpc) is 2.80. The van der Waals surface area contributed by atoms with Crippen LogP contribution in [0.4, 0.5) is 0 Å². The first-order valence-corrected chi connectivity index (χ1v) is 11.3. The number of nitrogens with one attached hydrogen (secondary N) is 1. The molecule has 0 saturated heterocycles. The molecule has 0 bridgehead atoms. The van der Waals surface area contributed by atoms with E-state index in [1.807, 2.05) is 24.3 Å². The first-order valence-electron chi connectivity index (χ1n) is 11.0. The second-order valence-electron chi connectivity index (χ2n) is 8.54. The molecule has 6 heteroatoms. The van der Waals surface area contributed by atoms with Gasteiger partial charge in [-0.1, -0.05) is 74.0 Å². The lowest BCUT2D eigenvalue weighted by Crippen LogP contribution is -2.32. The Hall–Kier alpha value is -3.15. The first kappa shape index (κ1) is 24.5. The average molecular weight is 465 g/mol. The minimum Gasteiger partial charge on any atom is -0.480 e. The molecule has 0 aliphatic carbocycles. The van der Waals surface area contributed by atoms with Gasteiger partial charge in [-0.25, -0.2) is 0 Å². The molecule has 0 saturated carbocycles. The van der Waals surface area contributed by atoms with Crippen molar-refractivity contribution in [1.82, 2.24) is 5.32 Å². The molecule has 0 aliphatic heterocycles. The molecule has 33 heavy (non-hydrogen) atoms. The Morgan fingerprint density at radius 1 is 0.909 bits per heavy atom. The summed E-state index contributed by atoms with van der Waals surface area (Å²) in [5.74, 6) is -0.696. The second kappa shape index (κ2) is 11.1. The quantitative estimate of drug-likeness (QED) is 0.409. The van der Waals surface area contributed by atoms with Gasteiger partial charge in [-0.15, -0.1) is 0 Å². The minimum absolute atomic E-state index is 0.160. The number of amides is 1. The van der Waals surface area contributed by atoms with Crippen molar-refractivity contribution in [2.24, 2.45) is 11.7 Å². The SMILES string of the molecule is CC(C)[C@@H](CNC(=O)c1ccc(C[C@@H](N)C(=O)O)cc1)c1ccc(-c2ccc(Cl)cc2)cc1. The molecule has 4 N–H and O–H groups in total. The Morgan fingerprint density at radius 2 is 1.45 bits per heavy atom. The van der Waals surface area contributed by atoms with Crippen molar-refractivity contribution >= 4 is 23.5 Å². The summed E-state index contributed by atoms with van der Waals surface area (Å²) in [6, 6.07) is 22.1. The summed E-state index contributed by atoms with van der Waals surface area (Å²) in [6.07, 6.45) is 0.221. The molecule has 0 unspecified atom stereocenters. The van der Waals surface area contributed by atoms with Crippen LogP contribution in [0.25, 0.3) is 11.1 Å². The molecule has 0 spiro atoms. The van der Waals surface area contributed by atoms with E-state index >= 15 is 0 Å². The number of benzene rings is 3. The van der Waals surface area contributed by atoms with E-state index in [-0.39, 0.29) is 18.2 Å². The molecule has 0 radical (unpaired) electrons. The summed E-state index contributed by atoms with van der Waals surface area (Å²) in [5, 5.41) is 12.7. The number of aliphatic carboxylic acids is 1. The molecule has 0 aliphatic rings. The molecule has 3 aromatic rings. The maximum Gasteiger partial charge on any atom is 0.320 e. The molecule has 1 amide bonds. The number of hydrogen-bond donors (Lipinski definition) is 3. The first-order chi connectivity index (χ1) is 15.7. The number of carbonyl (C=O) groups excluding carboxylic acids is 1. The van der Waals surface area contributed by atoms with Crippen LogP contribution in [0.3, 0.4) is 0 Å². The van der Waals surface area contributed by atoms with Gasteiger partial charge in [0.2, 0.25) is 0 Å². The summed E-state index contributed by atoms with van der Waals surface area (Å²) in [5.41, 5.74) is 10.3. The van der Waals surface area contributed by atoms with Crippen LogP contribution in [-0.4, -0.2) is 29.6 Å². The van der Waals surface area contributed by atoms with E-state index in [4.69, 9.17) is 22.4 Å². The molecule has 172 valence electrons. The Kier molecular flexibility index (Phi) is 8.26. The smallest absolute Gasteiger partial charge is 0.320 e. The van der Waals surface area contributed by atoms with Crippen molar-refractivity contribution in [3.05, 3.63) is 94.5 Å². The van der Waals surface area contributed by atoms with E-state index in [9.17, 15) is 9.59 Å². The number of rotatable bonds is 9. The van der Waals surface area contributed by atoms with Crippen molar-refractivity contribution in [3.63, 3.8) is 0 Å². The van der Waals surface area contributed by atoms with Crippen LogP contribution in [-0.2, 0) is 11.2 Å². The minimum atomic E-state index is -1.04. The van der Waals surface area contributed by atoms with Crippen molar-refractivity contribution in [2.75, 3.05) is 6.54 Å². The largest absolute Gasteiger partial charge is 0.480 e. The second-order valence-corrected chi connectivity index (χ2v) is 8.97. The van der Waals surface area contributed by atoms with Crippen LogP contribution < -0.4 is 11.1 Å². The Labute approximate surface area is 199 Å². The fraction of sp³-hybridized carbons (Fsp3) is 0.259. The van der Waals surface area contributed by atoms with Gasteiger partial charge >= 0.3 is 5.97 Å². The maximum absolute atomic E-state index is 12.7. The number of hydrogen-bond acceptors (Lipinski definition) is 3. The molecule has 3 aromatic carbocycles. The lowest BCUT2D eigenvalue weighted by Gasteiger charge is -2.22. The fourth-order valence-electron chi connectivity index (χ4n) is 3.74. The van der Waals surface area contributed by atoms with Gasteiger partial charge in [-0.3, -0.25) is 9.59 Å². The van der Waals surface area contributed by atoms with Crippen LogP contribution in [0.1, 0.15) is 41.3 Å². The molecule has 3 rings (SSSR count). The summed E-state index contributed by atoms with van der Waals surface area (Å²) in [7, 11) is 0. The Morgan fingerprint density at radius 3 is 1.97 bits per heavy atom. The van der Waals surface area contributed by atoms with Crippen LogP contribution in [0.5, 0.6) is 0 Å². The number of carboxylic acids is 1. The topological polar surface area (TPSA) is 92.4 Å². The maximum atomic E-state index is 12.7. The van der Waals surface area contributed by atoms with Gasteiger partial charge in [0.1, 0.15) is 6.04 Å². The highest BCUT2D eigenvalue weighted by Gasteiger charge is 2.18. The lowest BCUT2D eigenvalue weighted by atomic mass is 9.87. The lowest BCUT2D eigenvalue weighted by molar-refractivity contribution is -0.138. The summed E-state index contributed by atoms with van der Waals surface area (Å²) >= 11 is 5.98. The molecule has 0 aromatic heterocycles. The predicted octanol–water partition coefficient (Wildman–Crippen LogP) is 5.13. The van der Waals surface area contributed by atoms with E-state index < -0.39 is 12.0 Å². The van der Waals surface area contributed by atoms with Crippen molar-refractivity contribution < 1.29 is 14.7 Å². The highest BCUT2D eigenvalue weighted by Crippen LogP contribution is 2.27. The Balaban J connectivity index is 1.63. The van der Waals surface area contributed by atoms with Crippen LogP contribution >= 0.6 is 11.6 Å². The van der Waals surface area contributed by atoms with Crippen molar-refractivity contribution in [2.45, 2.75) is 32.2 Å². The third-order valence-corrected chi connectivity index (χ3v) is 6.04. The van der Waals surface area contributed by atoms with Gasteiger partial charge < -0.3 is 16.2 Å². The third-order valence-electron chi connectivity index (χ3n) is 5.79. The molecule has 0 heterocycles. The molecular formula is C27H29ClN2O3. The molecule has 0 fully saturated rings. The third kappa shape index (κ3) is 6.67. The Bertz CT molecular complexity index is 1080. The monoisotopic (exact) mass is 464 g/mol. The fourth-order valence-corrected chi connectivity index (χ4v) is 3.87. The zero-order valence-electron chi connectivity index (χ0n) is 18.8. The zero-order chi connectivity index (χ0) is 24.0. The van der Waals surface area contributed by atoms with E-state index in [1.54, 1.807) is 24.3 Å². The normalized spacial score (nSPS) is 12.9.